The van der Waals surface area contributed by atoms with Crippen molar-refractivity contribution in [2.45, 2.75) is 25.7 Å². The third-order valence-electron chi connectivity index (χ3n) is 3.46. The maximum absolute atomic E-state index is 11.9. The monoisotopic (exact) mass is 232 g/mol. The number of carbonyl (C=O) groups is 1. The summed E-state index contributed by atoms with van der Waals surface area (Å²) in [6.07, 6.45) is 5.15. The van der Waals surface area contributed by atoms with E-state index in [1.54, 1.807) is 11.9 Å². The molecule has 1 aliphatic rings. The first-order valence-corrected chi connectivity index (χ1v) is 6.34. The Hall–Kier alpha value is -1.51. The van der Waals surface area contributed by atoms with Crippen molar-refractivity contribution < 1.29 is 4.79 Å². The van der Waals surface area contributed by atoms with Gasteiger partial charge in [0.2, 0.25) is 0 Å². The minimum atomic E-state index is -0.0110. The molecule has 1 aliphatic carbocycles. The number of benzene rings is 1. The van der Waals surface area contributed by atoms with Gasteiger partial charge in [-0.2, -0.15) is 0 Å². The summed E-state index contributed by atoms with van der Waals surface area (Å²) in [4.78, 5) is 13.6. The van der Waals surface area contributed by atoms with E-state index in [4.69, 9.17) is 0 Å². The lowest BCUT2D eigenvalue weighted by molar-refractivity contribution is 0.245. The number of nitrogens with one attached hydrogen (secondary N) is 1. The zero-order chi connectivity index (χ0) is 12.1. The van der Waals surface area contributed by atoms with Crippen molar-refractivity contribution in [2.75, 3.05) is 18.5 Å². The number of anilines is 1. The van der Waals surface area contributed by atoms with Gasteiger partial charge in [0.25, 0.3) is 0 Å². The Kier molecular flexibility index (Phi) is 4.02. The molecule has 0 aromatic heterocycles. The second-order valence-corrected chi connectivity index (χ2v) is 4.73. The molecule has 0 bridgehead atoms. The Bertz CT molecular complexity index is 358. The van der Waals surface area contributed by atoms with E-state index < -0.39 is 0 Å². The quantitative estimate of drug-likeness (QED) is 0.853. The fraction of sp³-hybridized carbons (Fsp3) is 0.500. The Labute approximate surface area is 103 Å². The second kappa shape index (κ2) is 5.71. The van der Waals surface area contributed by atoms with Crippen molar-refractivity contribution in [1.82, 2.24) is 5.32 Å². The van der Waals surface area contributed by atoms with Gasteiger partial charge in [-0.15, -0.1) is 0 Å². The molecule has 3 nitrogen and oxygen atoms in total. The first kappa shape index (κ1) is 12.0. The van der Waals surface area contributed by atoms with Crippen molar-refractivity contribution >= 4 is 11.7 Å². The van der Waals surface area contributed by atoms with Gasteiger partial charge in [-0.1, -0.05) is 31.0 Å². The summed E-state index contributed by atoms with van der Waals surface area (Å²) in [6, 6.07) is 9.70. The summed E-state index contributed by atoms with van der Waals surface area (Å²) < 4.78 is 0. The van der Waals surface area contributed by atoms with Gasteiger partial charge in [-0.05, 0) is 30.9 Å². The molecule has 0 aliphatic heterocycles. The van der Waals surface area contributed by atoms with Gasteiger partial charge in [0.1, 0.15) is 0 Å². The van der Waals surface area contributed by atoms with Gasteiger partial charge in [0.15, 0.2) is 0 Å². The van der Waals surface area contributed by atoms with Crippen molar-refractivity contribution in [2.24, 2.45) is 5.92 Å². The number of urea groups is 1. The van der Waals surface area contributed by atoms with Crippen molar-refractivity contribution in [1.29, 1.82) is 0 Å². The minimum Gasteiger partial charge on any atom is -0.337 e. The van der Waals surface area contributed by atoms with Crippen LogP contribution in [0.3, 0.4) is 0 Å². The van der Waals surface area contributed by atoms with E-state index in [-0.39, 0.29) is 6.03 Å². The molecule has 1 aromatic rings. The molecule has 1 N–H and O–H groups in total. The van der Waals surface area contributed by atoms with Crippen LogP contribution in [0.1, 0.15) is 25.7 Å². The van der Waals surface area contributed by atoms with Crippen LogP contribution in [-0.2, 0) is 0 Å². The predicted molar refractivity (Wildman–Crippen MR) is 70.2 cm³/mol. The molecular weight excluding hydrogens is 212 g/mol. The highest BCUT2D eigenvalue weighted by molar-refractivity contribution is 5.91. The number of rotatable bonds is 3. The first-order valence-electron chi connectivity index (χ1n) is 6.34. The Morgan fingerprint density at radius 2 is 1.94 bits per heavy atom. The highest BCUT2D eigenvalue weighted by Gasteiger charge is 2.17. The highest BCUT2D eigenvalue weighted by Crippen LogP contribution is 2.23. The van der Waals surface area contributed by atoms with Crippen molar-refractivity contribution in [3.05, 3.63) is 30.3 Å². The summed E-state index contributed by atoms with van der Waals surface area (Å²) in [5.74, 6) is 0.683. The summed E-state index contributed by atoms with van der Waals surface area (Å²) >= 11 is 0. The molecule has 0 saturated heterocycles. The van der Waals surface area contributed by atoms with E-state index in [2.05, 4.69) is 5.32 Å². The van der Waals surface area contributed by atoms with Gasteiger partial charge < -0.3 is 5.32 Å². The average molecular weight is 232 g/mol. The van der Waals surface area contributed by atoms with Gasteiger partial charge >= 0.3 is 6.03 Å². The molecule has 0 radical (unpaired) electrons. The number of hydrogen-bond acceptors (Lipinski definition) is 1. The van der Waals surface area contributed by atoms with Crippen LogP contribution in [0, 0.1) is 5.92 Å². The molecule has 0 unspecified atom stereocenters. The number of amides is 2. The van der Waals surface area contributed by atoms with Gasteiger partial charge in [-0.3, -0.25) is 4.90 Å². The van der Waals surface area contributed by atoms with E-state index in [1.807, 2.05) is 30.3 Å². The van der Waals surface area contributed by atoms with Gasteiger partial charge in [-0.25, -0.2) is 4.79 Å². The second-order valence-electron chi connectivity index (χ2n) is 4.73. The maximum Gasteiger partial charge on any atom is 0.321 e. The van der Waals surface area contributed by atoms with Gasteiger partial charge in [0, 0.05) is 19.3 Å². The van der Waals surface area contributed by atoms with E-state index in [9.17, 15) is 4.79 Å². The molecule has 1 aromatic carbocycles. The molecule has 3 heteroatoms. The highest BCUT2D eigenvalue weighted by atomic mass is 16.2. The third kappa shape index (κ3) is 3.22. The lowest BCUT2D eigenvalue weighted by Crippen LogP contribution is -2.39. The lowest BCUT2D eigenvalue weighted by Gasteiger charge is -2.19. The Balaban J connectivity index is 1.83. The smallest absolute Gasteiger partial charge is 0.321 e. The van der Waals surface area contributed by atoms with Crippen LogP contribution < -0.4 is 10.2 Å². The molecule has 2 rings (SSSR count). The number of para-hydroxylation sites is 1. The largest absolute Gasteiger partial charge is 0.337 e. The standard InChI is InChI=1S/C14H20N2O/c1-16(13-9-3-2-4-10-13)14(17)15-11-12-7-5-6-8-12/h2-4,9-10,12H,5-8,11H2,1H3,(H,15,17). The normalized spacial score (nSPS) is 15.8. The SMILES string of the molecule is CN(C(=O)NCC1CCCC1)c1ccccc1. The maximum atomic E-state index is 11.9. The van der Waals surface area contributed by atoms with Crippen LogP contribution >= 0.6 is 0 Å². The number of carbonyl (C=O) groups excluding carboxylic acids is 1. The molecule has 17 heavy (non-hydrogen) atoms. The summed E-state index contributed by atoms with van der Waals surface area (Å²) in [7, 11) is 1.80. The Morgan fingerprint density at radius 1 is 1.29 bits per heavy atom. The fourth-order valence-corrected chi connectivity index (χ4v) is 2.33. The molecule has 0 spiro atoms. The average Bonchev–Trinajstić information content (AvgIpc) is 2.89. The Morgan fingerprint density at radius 3 is 2.59 bits per heavy atom. The molecule has 92 valence electrons. The van der Waals surface area contributed by atoms with Crippen LogP contribution in [0.15, 0.2) is 30.3 Å². The molecule has 2 amide bonds. The zero-order valence-corrected chi connectivity index (χ0v) is 10.4. The van der Waals surface area contributed by atoms with E-state index >= 15 is 0 Å². The molecule has 1 saturated carbocycles. The van der Waals surface area contributed by atoms with Crippen molar-refractivity contribution in [3.8, 4) is 0 Å². The van der Waals surface area contributed by atoms with Crippen molar-refractivity contribution in [3.63, 3.8) is 0 Å². The molecule has 0 heterocycles. The number of nitrogens with zero attached hydrogens (tertiary/aromatic N) is 1. The first-order chi connectivity index (χ1) is 8.27. The van der Waals surface area contributed by atoms with E-state index in [0.29, 0.717) is 5.92 Å². The topological polar surface area (TPSA) is 32.3 Å². The third-order valence-corrected chi connectivity index (χ3v) is 3.46. The number of hydrogen-bond donors (Lipinski definition) is 1. The van der Waals surface area contributed by atoms with E-state index in [0.717, 1.165) is 12.2 Å². The van der Waals surface area contributed by atoms with Crippen LogP contribution in [0.2, 0.25) is 0 Å². The van der Waals surface area contributed by atoms with Crippen LogP contribution in [0.25, 0.3) is 0 Å². The lowest BCUT2D eigenvalue weighted by atomic mass is 10.1. The summed E-state index contributed by atoms with van der Waals surface area (Å²) in [6.45, 7) is 0.815. The van der Waals surface area contributed by atoms with Crippen LogP contribution in [-0.4, -0.2) is 19.6 Å². The predicted octanol–water partition coefficient (Wildman–Crippen LogP) is 3.02. The van der Waals surface area contributed by atoms with Gasteiger partial charge in [0.05, 0.1) is 0 Å². The van der Waals surface area contributed by atoms with Crippen LogP contribution in [0.5, 0.6) is 0 Å². The summed E-state index contributed by atoms with van der Waals surface area (Å²) in [5.41, 5.74) is 0.927. The minimum absolute atomic E-state index is 0.0110. The molecular formula is C14H20N2O. The fourth-order valence-electron chi connectivity index (χ4n) is 2.33. The summed E-state index contributed by atoms with van der Waals surface area (Å²) in [5, 5.41) is 3.01. The zero-order valence-electron chi connectivity index (χ0n) is 10.4. The van der Waals surface area contributed by atoms with Crippen LogP contribution in [0.4, 0.5) is 10.5 Å². The molecule has 1 fully saturated rings. The molecule has 0 atom stereocenters. The van der Waals surface area contributed by atoms with E-state index in [1.165, 1.54) is 25.7 Å².